The highest BCUT2D eigenvalue weighted by atomic mass is 79.9. The fourth-order valence-electron chi connectivity index (χ4n) is 2.98. The Morgan fingerprint density at radius 2 is 1.88 bits per heavy atom. The third-order valence-electron chi connectivity index (χ3n) is 4.59. The van der Waals surface area contributed by atoms with Gasteiger partial charge in [0.25, 0.3) is 0 Å². The fourth-order valence-corrected chi connectivity index (χ4v) is 3.74. The average Bonchev–Trinajstić information content (AvgIpc) is 2.80. The van der Waals surface area contributed by atoms with E-state index in [1.54, 1.807) is 19.4 Å². The Morgan fingerprint density at radius 3 is 2.58 bits per heavy atom. The van der Waals surface area contributed by atoms with Gasteiger partial charge in [0.2, 0.25) is 5.91 Å². The maximum atomic E-state index is 12.2. The molecule has 0 aliphatic rings. The van der Waals surface area contributed by atoms with Crippen LogP contribution in [0.1, 0.15) is 23.6 Å². The first-order valence-electron chi connectivity index (χ1n) is 10.3. The van der Waals surface area contributed by atoms with Gasteiger partial charge >= 0.3 is 0 Å². The quantitative estimate of drug-likeness (QED) is 0.266. The number of nitrogens with one attached hydrogen (secondary N) is 1. The van der Waals surface area contributed by atoms with Gasteiger partial charge in [0, 0.05) is 10.6 Å². The van der Waals surface area contributed by atoms with Crippen LogP contribution in [-0.2, 0) is 17.8 Å². The van der Waals surface area contributed by atoms with Crippen LogP contribution < -0.4 is 19.6 Å². The first-order valence-corrected chi connectivity index (χ1v) is 11.4. The predicted molar refractivity (Wildman–Crippen MR) is 134 cm³/mol. The summed E-state index contributed by atoms with van der Waals surface area (Å²) in [6.45, 7) is 2.66. The highest BCUT2D eigenvalue weighted by molar-refractivity contribution is 9.10. The van der Waals surface area contributed by atoms with Crippen LogP contribution in [0.15, 0.2) is 70.2 Å². The van der Waals surface area contributed by atoms with Crippen LogP contribution in [0.4, 0.5) is 0 Å². The van der Waals surface area contributed by atoms with E-state index < -0.39 is 0 Å². The van der Waals surface area contributed by atoms with Crippen LogP contribution in [0.25, 0.3) is 0 Å². The van der Waals surface area contributed by atoms with Gasteiger partial charge in [-0.25, -0.2) is 5.43 Å². The Kier molecular flexibility index (Phi) is 9.15. The van der Waals surface area contributed by atoms with Crippen molar-refractivity contribution in [1.29, 1.82) is 0 Å². The van der Waals surface area contributed by atoms with Crippen LogP contribution in [0.5, 0.6) is 17.2 Å². The third-order valence-corrected chi connectivity index (χ3v) is 5.55. The molecule has 0 heterocycles. The van der Waals surface area contributed by atoms with Crippen molar-refractivity contribution in [2.24, 2.45) is 5.10 Å². The van der Waals surface area contributed by atoms with E-state index >= 15 is 0 Å². The maximum absolute atomic E-state index is 12.2. The number of nitrogens with zero attached hydrogens (tertiary/aromatic N) is 1. The van der Waals surface area contributed by atoms with Crippen LogP contribution in [0.2, 0.25) is 5.02 Å². The third kappa shape index (κ3) is 7.23. The molecular formula is C25H24BrClN2O4. The summed E-state index contributed by atoms with van der Waals surface area (Å²) in [5.41, 5.74) is 5.02. The van der Waals surface area contributed by atoms with E-state index in [1.165, 1.54) is 0 Å². The number of rotatable bonds is 10. The lowest BCUT2D eigenvalue weighted by atomic mass is 10.1. The molecule has 172 valence electrons. The van der Waals surface area contributed by atoms with E-state index in [-0.39, 0.29) is 12.3 Å². The van der Waals surface area contributed by atoms with Gasteiger partial charge in [-0.1, -0.05) is 41.9 Å². The molecule has 0 spiro atoms. The SMILES string of the molecule is CCOc1cc(/C=N\NC(=O)Cc2ccc(OC)cc2)cc(Br)c1OCc1ccccc1Cl. The molecule has 1 amide bonds. The van der Waals surface area contributed by atoms with Crippen molar-refractivity contribution in [3.63, 3.8) is 0 Å². The Labute approximate surface area is 206 Å². The van der Waals surface area contributed by atoms with Crippen molar-refractivity contribution >= 4 is 39.7 Å². The van der Waals surface area contributed by atoms with Gasteiger partial charge in [0.05, 0.1) is 30.8 Å². The molecular weight excluding hydrogens is 508 g/mol. The van der Waals surface area contributed by atoms with Crippen LogP contribution >= 0.6 is 27.5 Å². The van der Waals surface area contributed by atoms with E-state index in [9.17, 15) is 4.79 Å². The highest BCUT2D eigenvalue weighted by Crippen LogP contribution is 2.37. The minimum absolute atomic E-state index is 0.212. The van der Waals surface area contributed by atoms with E-state index in [4.69, 9.17) is 25.8 Å². The van der Waals surface area contributed by atoms with E-state index in [0.29, 0.717) is 34.2 Å². The molecule has 0 aliphatic heterocycles. The highest BCUT2D eigenvalue weighted by Gasteiger charge is 2.13. The Hall–Kier alpha value is -3.03. The molecule has 3 aromatic rings. The van der Waals surface area contributed by atoms with Gasteiger partial charge in [-0.3, -0.25) is 4.79 Å². The zero-order chi connectivity index (χ0) is 23.6. The van der Waals surface area contributed by atoms with Crippen molar-refractivity contribution in [2.45, 2.75) is 20.0 Å². The summed E-state index contributed by atoms with van der Waals surface area (Å²) in [7, 11) is 1.60. The standard InChI is InChI=1S/C25H24BrClN2O4/c1-3-32-23-13-18(12-21(26)25(23)33-16-19-6-4-5-7-22(19)27)15-28-29-24(30)14-17-8-10-20(31-2)11-9-17/h4-13,15H,3,14,16H2,1-2H3,(H,29,30)/b28-15-. The lowest BCUT2D eigenvalue weighted by Crippen LogP contribution is -2.19. The van der Waals surface area contributed by atoms with Gasteiger partial charge in [-0.15, -0.1) is 0 Å². The van der Waals surface area contributed by atoms with Crippen molar-refractivity contribution < 1.29 is 19.0 Å². The summed E-state index contributed by atoms with van der Waals surface area (Å²) >= 11 is 9.76. The number of benzene rings is 3. The zero-order valence-electron chi connectivity index (χ0n) is 18.3. The van der Waals surface area contributed by atoms with Gasteiger partial charge in [0.15, 0.2) is 11.5 Å². The average molecular weight is 532 g/mol. The molecule has 33 heavy (non-hydrogen) atoms. The first-order chi connectivity index (χ1) is 16.0. The monoisotopic (exact) mass is 530 g/mol. The summed E-state index contributed by atoms with van der Waals surface area (Å²) in [4.78, 5) is 12.2. The van der Waals surface area contributed by atoms with Gasteiger partial charge < -0.3 is 14.2 Å². The molecule has 0 saturated carbocycles. The van der Waals surface area contributed by atoms with E-state index in [1.807, 2.05) is 61.5 Å². The maximum Gasteiger partial charge on any atom is 0.244 e. The topological polar surface area (TPSA) is 69.2 Å². The molecule has 0 fully saturated rings. The van der Waals surface area contributed by atoms with Crippen molar-refractivity contribution in [3.8, 4) is 17.2 Å². The number of amides is 1. The largest absolute Gasteiger partial charge is 0.497 e. The molecule has 0 aromatic heterocycles. The number of ether oxygens (including phenoxy) is 3. The molecule has 3 rings (SSSR count). The van der Waals surface area contributed by atoms with Gasteiger partial charge in [0.1, 0.15) is 12.4 Å². The lowest BCUT2D eigenvalue weighted by Gasteiger charge is -2.15. The summed E-state index contributed by atoms with van der Waals surface area (Å²) in [5.74, 6) is 1.65. The number of methoxy groups -OCH3 is 1. The van der Waals surface area contributed by atoms with E-state index in [0.717, 1.165) is 22.4 Å². The van der Waals surface area contributed by atoms with E-state index in [2.05, 4.69) is 26.5 Å². The summed E-state index contributed by atoms with van der Waals surface area (Å²) in [6.07, 6.45) is 1.76. The van der Waals surface area contributed by atoms with Crippen molar-refractivity contribution in [1.82, 2.24) is 5.43 Å². The number of carbonyl (C=O) groups excluding carboxylic acids is 1. The molecule has 0 aliphatic carbocycles. The number of carbonyl (C=O) groups is 1. The molecule has 0 atom stereocenters. The molecule has 1 N–H and O–H groups in total. The number of halogens is 2. The first kappa shape index (κ1) is 24.6. The zero-order valence-corrected chi connectivity index (χ0v) is 20.7. The Morgan fingerprint density at radius 1 is 1.12 bits per heavy atom. The van der Waals surface area contributed by atoms with Crippen molar-refractivity contribution in [2.75, 3.05) is 13.7 Å². The predicted octanol–water partition coefficient (Wildman–Crippen LogP) is 5.78. The number of hydrazone groups is 1. The second-order valence-corrected chi connectivity index (χ2v) is 8.22. The smallest absolute Gasteiger partial charge is 0.244 e. The lowest BCUT2D eigenvalue weighted by molar-refractivity contribution is -0.120. The molecule has 8 heteroatoms. The summed E-state index contributed by atoms with van der Waals surface area (Å²) in [5, 5.41) is 4.70. The molecule has 0 bridgehead atoms. The second kappa shape index (κ2) is 12.3. The molecule has 0 radical (unpaired) electrons. The van der Waals surface area contributed by atoms with Crippen LogP contribution in [0, 0.1) is 0 Å². The second-order valence-electron chi connectivity index (χ2n) is 6.96. The van der Waals surface area contributed by atoms with Gasteiger partial charge in [-0.2, -0.15) is 5.10 Å². The number of hydrogen-bond donors (Lipinski definition) is 1. The molecule has 3 aromatic carbocycles. The van der Waals surface area contributed by atoms with Crippen LogP contribution in [0.3, 0.4) is 0 Å². The minimum atomic E-state index is -0.222. The summed E-state index contributed by atoms with van der Waals surface area (Å²) in [6, 6.07) is 18.5. The minimum Gasteiger partial charge on any atom is -0.497 e. The molecule has 6 nitrogen and oxygen atoms in total. The Bertz CT molecular complexity index is 1120. The fraction of sp³-hybridized carbons (Fsp3) is 0.200. The van der Waals surface area contributed by atoms with Crippen molar-refractivity contribution in [3.05, 3.63) is 86.8 Å². The van der Waals surface area contributed by atoms with Gasteiger partial charge in [-0.05, 0) is 64.3 Å². The summed E-state index contributed by atoms with van der Waals surface area (Å²) < 4.78 is 17.6. The Balaban J connectivity index is 1.65. The molecule has 0 unspecified atom stereocenters. The molecule has 0 saturated heterocycles. The normalized spacial score (nSPS) is 10.8. The van der Waals surface area contributed by atoms with Crippen LogP contribution in [-0.4, -0.2) is 25.8 Å². The number of hydrogen-bond acceptors (Lipinski definition) is 5.